The van der Waals surface area contributed by atoms with Crippen molar-refractivity contribution in [3.05, 3.63) is 29.7 Å². The van der Waals surface area contributed by atoms with Gasteiger partial charge in [0.1, 0.15) is 11.6 Å². The molecule has 2 aromatic heterocycles. The second-order valence-corrected chi connectivity index (χ2v) is 6.06. The molecule has 0 bridgehead atoms. The first-order chi connectivity index (χ1) is 11.0. The van der Waals surface area contributed by atoms with Gasteiger partial charge in [-0.3, -0.25) is 9.48 Å². The fourth-order valence-corrected chi connectivity index (χ4v) is 3.11. The zero-order valence-electron chi connectivity index (χ0n) is 12.1. The van der Waals surface area contributed by atoms with Crippen LogP contribution in [0, 0.1) is 0 Å². The monoisotopic (exact) mass is 343 g/mol. The van der Waals surface area contributed by atoms with E-state index in [4.69, 9.17) is 5.11 Å². The Morgan fingerprint density at radius 3 is 2.91 bits per heavy atom. The van der Waals surface area contributed by atoms with Gasteiger partial charge in [-0.15, -0.1) is 0 Å². The average Bonchev–Trinajstić information content (AvgIpc) is 3.13. The van der Waals surface area contributed by atoms with Crippen LogP contribution in [0.2, 0.25) is 0 Å². The van der Waals surface area contributed by atoms with E-state index in [0.717, 1.165) is 11.3 Å². The van der Waals surface area contributed by atoms with Gasteiger partial charge in [-0.05, 0) is 6.07 Å². The zero-order valence-corrected chi connectivity index (χ0v) is 12.9. The molecule has 1 amide bonds. The smallest absolute Gasteiger partial charge is 0.257 e. The van der Waals surface area contributed by atoms with Crippen LogP contribution in [0.25, 0.3) is 0 Å². The Morgan fingerprint density at radius 2 is 2.22 bits per heavy atom. The number of hydrogen-bond acceptors (Lipinski definition) is 5. The Labute approximate surface area is 135 Å². The van der Waals surface area contributed by atoms with Gasteiger partial charge in [-0.2, -0.15) is 10.2 Å². The van der Waals surface area contributed by atoms with Crippen LogP contribution in [0.1, 0.15) is 17.7 Å². The SMILES string of the molecule is O=C(CCO)N1Cc2cn(Sc3ccn(CC(F)F)n3)nc2C1. The van der Waals surface area contributed by atoms with Gasteiger partial charge >= 0.3 is 0 Å². The second-order valence-electron chi connectivity index (χ2n) is 5.09. The van der Waals surface area contributed by atoms with Crippen LogP contribution in [0.5, 0.6) is 0 Å². The van der Waals surface area contributed by atoms with E-state index in [1.54, 1.807) is 21.3 Å². The second kappa shape index (κ2) is 6.67. The lowest BCUT2D eigenvalue weighted by Gasteiger charge is -2.14. The van der Waals surface area contributed by atoms with Crippen LogP contribution in [-0.4, -0.2) is 47.9 Å². The minimum absolute atomic E-state index is 0.101. The standard InChI is InChI=1S/C13H15F2N5O2S/c14-11(15)8-19-3-1-12(17-19)23-20-6-9-5-18(7-10(9)16-20)13(22)2-4-21/h1,3,6,11,21H,2,4-5,7-8H2. The van der Waals surface area contributed by atoms with Gasteiger partial charge in [0.15, 0.2) is 0 Å². The number of alkyl halides is 2. The zero-order chi connectivity index (χ0) is 16.4. The molecule has 10 heteroatoms. The number of amides is 1. The molecule has 124 valence electrons. The summed E-state index contributed by atoms with van der Waals surface area (Å²) < 4.78 is 27.4. The number of hydrogen-bond donors (Lipinski definition) is 1. The van der Waals surface area contributed by atoms with Crippen molar-refractivity contribution in [3.63, 3.8) is 0 Å². The van der Waals surface area contributed by atoms with E-state index in [1.807, 2.05) is 0 Å². The molecule has 1 aliphatic heterocycles. The van der Waals surface area contributed by atoms with E-state index in [9.17, 15) is 13.6 Å². The summed E-state index contributed by atoms with van der Waals surface area (Å²) >= 11 is 1.22. The summed E-state index contributed by atoms with van der Waals surface area (Å²) in [6, 6.07) is 1.65. The van der Waals surface area contributed by atoms with Crippen molar-refractivity contribution in [1.29, 1.82) is 0 Å². The molecular weight excluding hydrogens is 328 g/mol. The molecule has 3 heterocycles. The minimum Gasteiger partial charge on any atom is -0.396 e. The molecule has 0 aliphatic carbocycles. The first-order valence-electron chi connectivity index (χ1n) is 7.01. The molecule has 7 nitrogen and oxygen atoms in total. The predicted molar refractivity (Wildman–Crippen MR) is 77.7 cm³/mol. The Morgan fingerprint density at radius 1 is 1.39 bits per heavy atom. The van der Waals surface area contributed by atoms with Gasteiger partial charge < -0.3 is 10.0 Å². The minimum atomic E-state index is -2.44. The molecule has 0 atom stereocenters. The summed E-state index contributed by atoms with van der Waals surface area (Å²) in [5.74, 6) is -0.101. The Hall–Kier alpha value is -1.94. The Kier molecular flexibility index (Phi) is 4.62. The van der Waals surface area contributed by atoms with Gasteiger partial charge in [0, 0.05) is 42.9 Å². The molecule has 0 aromatic carbocycles. The largest absolute Gasteiger partial charge is 0.396 e. The van der Waals surface area contributed by atoms with Crippen molar-refractivity contribution in [3.8, 4) is 0 Å². The predicted octanol–water partition coefficient (Wildman–Crippen LogP) is 1.12. The number of halogens is 2. The van der Waals surface area contributed by atoms with Crippen molar-refractivity contribution >= 4 is 17.9 Å². The van der Waals surface area contributed by atoms with Crippen molar-refractivity contribution in [2.75, 3.05) is 6.61 Å². The lowest BCUT2D eigenvalue weighted by molar-refractivity contribution is -0.132. The number of rotatable bonds is 6. The topological polar surface area (TPSA) is 76.2 Å². The van der Waals surface area contributed by atoms with Gasteiger partial charge in [0.05, 0.1) is 18.8 Å². The number of aromatic nitrogens is 4. The van der Waals surface area contributed by atoms with Crippen molar-refractivity contribution in [2.24, 2.45) is 0 Å². The maximum absolute atomic E-state index is 12.3. The van der Waals surface area contributed by atoms with Crippen molar-refractivity contribution in [1.82, 2.24) is 23.9 Å². The number of fused-ring (bicyclic) bond motifs is 1. The highest BCUT2D eigenvalue weighted by molar-refractivity contribution is 7.97. The van der Waals surface area contributed by atoms with Crippen molar-refractivity contribution < 1.29 is 18.7 Å². The highest BCUT2D eigenvalue weighted by atomic mass is 32.2. The van der Waals surface area contributed by atoms with E-state index >= 15 is 0 Å². The number of aliphatic hydroxyl groups excluding tert-OH is 1. The molecule has 2 aromatic rings. The van der Waals surface area contributed by atoms with Crippen molar-refractivity contribution in [2.45, 2.75) is 37.5 Å². The fraction of sp³-hybridized carbons (Fsp3) is 0.462. The molecule has 0 saturated heterocycles. The molecule has 3 rings (SSSR count). The van der Waals surface area contributed by atoms with E-state index < -0.39 is 13.0 Å². The highest BCUT2D eigenvalue weighted by Crippen LogP contribution is 2.26. The van der Waals surface area contributed by atoms with E-state index in [0.29, 0.717) is 18.1 Å². The molecule has 0 saturated carbocycles. The van der Waals surface area contributed by atoms with Crippen LogP contribution < -0.4 is 0 Å². The molecule has 0 spiro atoms. The van der Waals surface area contributed by atoms with E-state index in [1.165, 1.54) is 22.8 Å². The number of aliphatic hydroxyl groups is 1. The quantitative estimate of drug-likeness (QED) is 0.851. The molecule has 0 fully saturated rings. The summed E-state index contributed by atoms with van der Waals surface area (Å²) in [5, 5.41) is 17.8. The Balaban J connectivity index is 1.61. The Bertz CT molecular complexity index is 679. The molecule has 1 aliphatic rings. The van der Waals surface area contributed by atoms with E-state index in [2.05, 4.69) is 10.2 Å². The summed E-state index contributed by atoms with van der Waals surface area (Å²) in [6.07, 6.45) is 0.976. The van der Waals surface area contributed by atoms with Gasteiger partial charge in [0.25, 0.3) is 6.43 Å². The highest BCUT2D eigenvalue weighted by Gasteiger charge is 2.26. The maximum atomic E-state index is 12.3. The molecule has 0 radical (unpaired) electrons. The third kappa shape index (κ3) is 3.70. The average molecular weight is 343 g/mol. The van der Waals surface area contributed by atoms with Crippen LogP contribution in [0.4, 0.5) is 8.78 Å². The first kappa shape index (κ1) is 15.9. The van der Waals surface area contributed by atoms with Gasteiger partial charge in [0.2, 0.25) is 5.91 Å². The summed E-state index contributed by atoms with van der Waals surface area (Å²) in [7, 11) is 0. The number of nitrogens with zero attached hydrogens (tertiary/aromatic N) is 5. The molecular formula is C13H15F2N5O2S. The van der Waals surface area contributed by atoms with E-state index in [-0.39, 0.29) is 18.9 Å². The summed E-state index contributed by atoms with van der Waals surface area (Å²) in [4.78, 5) is 13.4. The van der Waals surface area contributed by atoms with Crippen LogP contribution in [0.3, 0.4) is 0 Å². The molecule has 23 heavy (non-hydrogen) atoms. The number of carbonyl (C=O) groups is 1. The summed E-state index contributed by atoms with van der Waals surface area (Å²) in [6.45, 7) is 0.290. The summed E-state index contributed by atoms with van der Waals surface area (Å²) in [5.41, 5.74) is 1.74. The lowest BCUT2D eigenvalue weighted by Crippen LogP contribution is -2.26. The van der Waals surface area contributed by atoms with Crippen LogP contribution >= 0.6 is 11.9 Å². The molecule has 1 N–H and O–H groups in total. The maximum Gasteiger partial charge on any atom is 0.257 e. The third-order valence-electron chi connectivity index (χ3n) is 3.36. The van der Waals surface area contributed by atoms with Crippen LogP contribution in [-0.2, 0) is 24.4 Å². The first-order valence-corrected chi connectivity index (χ1v) is 7.78. The van der Waals surface area contributed by atoms with Gasteiger partial charge in [-0.25, -0.2) is 12.9 Å². The van der Waals surface area contributed by atoms with Gasteiger partial charge in [-0.1, -0.05) is 0 Å². The number of carbonyl (C=O) groups excluding carboxylic acids is 1. The third-order valence-corrected chi connectivity index (χ3v) is 4.14. The fourth-order valence-electron chi connectivity index (χ4n) is 2.33. The molecule has 0 unspecified atom stereocenters. The normalized spacial score (nSPS) is 13.8. The lowest BCUT2D eigenvalue weighted by atomic mass is 10.3. The van der Waals surface area contributed by atoms with Crippen LogP contribution in [0.15, 0.2) is 23.5 Å².